The highest BCUT2D eigenvalue weighted by atomic mass is 35.5. The number of carbonyl (C=O) groups excluding carboxylic acids is 2. The molecule has 0 bridgehead atoms. The smallest absolute Gasteiger partial charge is 0.263 e. The summed E-state index contributed by atoms with van der Waals surface area (Å²) in [5, 5.41) is 5.21. The number of hydrogen-bond acceptors (Lipinski definition) is 4. The van der Waals surface area contributed by atoms with Gasteiger partial charge >= 0.3 is 0 Å². The number of ether oxygens (including phenoxy) is 1. The molecule has 132 valence electrons. The van der Waals surface area contributed by atoms with E-state index in [4.69, 9.17) is 16.3 Å². The normalized spacial score (nSPS) is 17.2. The van der Waals surface area contributed by atoms with Gasteiger partial charge in [0.2, 0.25) is 5.91 Å². The maximum Gasteiger partial charge on any atom is 0.263 e. The van der Waals surface area contributed by atoms with Crippen LogP contribution in [0.25, 0.3) is 0 Å². The summed E-state index contributed by atoms with van der Waals surface area (Å²) in [5.74, 6) is 0.244. The molecule has 0 unspecified atom stereocenters. The number of carbonyl (C=O) groups is 2. The topological polar surface area (TPSA) is 58.6 Å². The number of benzene rings is 1. The SMILES string of the molecule is COc1ccc(NC(=O)[C@H]2CCCN(C(=O)c3cccs3)C2)cc1Cl. The summed E-state index contributed by atoms with van der Waals surface area (Å²) in [6.45, 7) is 1.13. The van der Waals surface area contributed by atoms with Crippen LogP contribution < -0.4 is 10.1 Å². The molecule has 1 N–H and O–H groups in total. The van der Waals surface area contributed by atoms with Crippen molar-refractivity contribution in [2.45, 2.75) is 12.8 Å². The molecule has 1 atom stereocenters. The zero-order valence-electron chi connectivity index (χ0n) is 13.8. The Morgan fingerprint density at radius 3 is 2.88 bits per heavy atom. The Hall–Kier alpha value is -2.05. The second-order valence-electron chi connectivity index (χ2n) is 5.91. The number of halogens is 1. The lowest BCUT2D eigenvalue weighted by Crippen LogP contribution is -2.43. The Morgan fingerprint density at radius 2 is 2.20 bits per heavy atom. The number of piperidine rings is 1. The van der Waals surface area contributed by atoms with Crippen LogP contribution in [0.2, 0.25) is 5.02 Å². The van der Waals surface area contributed by atoms with Crippen molar-refractivity contribution in [3.8, 4) is 5.75 Å². The van der Waals surface area contributed by atoms with Gasteiger partial charge in [0, 0.05) is 18.8 Å². The molecule has 1 aliphatic rings. The number of amides is 2. The highest BCUT2D eigenvalue weighted by molar-refractivity contribution is 7.12. The van der Waals surface area contributed by atoms with E-state index in [1.54, 1.807) is 30.2 Å². The highest BCUT2D eigenvalue weighted by Gasteiger charge is 2.29. The third-order valence-electron chi connectivity index (χ3n) is 4.23. The zero-order chi connectivity index (χ0) is 17.8. The molecule has 7 heteroatoms. The standard InChI is InChI=1S/C18H19ClN2O3S/c1-24-15-7-6-13(10-14(15)19)20-17(22)12-4-2-8-21(11-12)18(23)16-5-3-9-25-16/h3,5-7,9-10,12H,2,4,8,11H2,1H3,(H,20,22)/t12-/m0/s1. The Labute approximate surface area is 155 Å². The van der Waals surface area contributed by atoms with Crippen LogP contribution in [0.1, 0.15) is 22.5 Å². The zero-order valence-corrected chi connectivity index (χ0v) is 15.4. The number of nitrogens with one attached hydrogen (secondary N) is 1. The summed E-state index contributed by atoms with van der Waals surface area (Å²) >= 11 is 7.52. The van der Waals surface area contributed by atoms with Gasteiger partial charge in [-0.25, -0.2) is 0 Å². The fourth-order valence-electron chi connectivity index (χ4n) is 2.92. The fraction of sp³-hybridized carbons (Fsp3) is 0.333. The predicted molar refractivity (Wildman–Crippen MR) is 99.6 cm³/mol. The van der Waals surface area contributed by atoms with Crippen LogP contribution in [0, 0.1) is 5.92 Å². The van der Waals surface area contributed by atoms with Gasteiger partial charge in [-0.15, -0.1) is 11.3 Å². The summed E-state index contributed by atoms with van der Waals surface area (Å²) in [6.07, 6.45) is 1.59. The average Bonchev–Trinajstić information content (AvgIpc) is 3.16. The molecular weight excluding hydrogens is 360 g/mol. The molecule has 2 heterocycles. The second-order valence-corrected chi connectivity index (χ2v) is 7.26. The lowest BCUT2D eigenvalue weighted by molar-refractivity contribution is -0.121. The van der Waals surface area contributed by atoms with Crippen molar-refractivity contribution >= 4 is 40.4 Å². The number of likely N-dealkylation sites (tertiary alicyclic amines) is 1. The Morgan fingerprint density at radius 1 is 1.36 bits per heavy atom. The molecule has 1 saturated heterocycles. The lowest BCUT2D eigenvalue weighted by Gasteiger charge is -2.31. The number of hydrogen-bond donors (Lipinski definition) is 1. The number of thiophene rings is 1. The van der Waals surface area contributed by atoms with E-state index in [0.717, 1.165) is 12.8 Å². The number of methoxy groups -OCH3 is 1. The van der Waals surface area contributed by atoms with Gasteiger partial charge in [0.05, 0.1) is 22.9 Å². The van der Waals surface area contributed by atoms with Crippen molar-refractivity contribution < 1.29 is 14.3 Å². The number of nitrogens with zero attached hydrogens (tertiary/aromatic N) is 1. The summed E-state index contributed by atoms with van der Waals surface area (Å²) in [5.41, 5.74) is 0.623. The molecule has 0 radical (unpaired) electrons. The molecule has 0 spiro atoms. The first-order valence-electron chi connectivity index (χ1n) is 8.05. The molecule has 5 nitrogen and oxygen atoms in total. The maximum absolute atomic E-state index is 12.6. The van der Waals surface area contributed by atoms with Crippen molar-refractivity contribution in [2.24, 2.45) is 5.92 Å². The number of rotatable bonds is 4. The van der Waals surface area contributed by atoms with Crippen molar-refractivity contribution in [1.82, 2.24) is 4.90 Å². The molecule has 3 rings (SSSR count). The van der Waals surface area contributed by atoms with Crippen molar-refractivity contribution in [1.29, 1.82) is 0 Å². The van der Waals surface area contributed by atoms with Crippen LogP contribution in [0.3, 0.4) is 0 Å². The minimum absolute atomic E-state index is 0.00000748. The molecular formula is C18H19ClN2O3S. The van der Waals surface area contributed by atoms with E-state index < -0.39 is 0 Å². The molecule has 0 aliphatic carbocycles. The molecule has 1 fully saturated rings. The lowest BCUT2D eigenvalue weighted by atomic mass is 9.97. The van der Waals surface area contributed by atoms with Crippen LogP contribution in [-0.4, -0.2) is 36.9 Å². The summed E-state index contributed by atoms with van der Waals surface area (Å²) in [4.78, 5) is 27.5. The van der Waals surface area contributed by atoms with E-state index in [2.05, 4.69) is 5.32 Å². The molecule has 1 aliphatic heterocycles. The first kappa shape index (κ1) is 17.8. The van der Waals surface area contributed by atoms with Gasteiger partial charge in [0.15, 0.2) is 0 Å². The van der Waals surface area contributed by atoms with Gasteiger partial charge in [0.25, 0.3) is 5.91 Å². The third kappa shape index (κ3) is 4.14. The van der Waals surface area contributed by atoms with Gasteiger partial charge in [0.1, 0.15) is 5.75 Å². The minimum Gasteiger partial charge on any atom is -0.495 e. The van der Waals surface area contributed by atoms with Gasteiger partial charge in [-0.1, -0.05) is 17.7 Å². The second kappa shape index (κ2) is 7.89. The van der Waals surface area contributed by atoms with Crippen LogP contribution in [0.5, 0.6) is 5.75 Å². The minimum atomic E-state index is -0.224. The van der Waals surface area contributed by atoms with Gasteiger partial charge in [-0.05, 0) is 42.5 Å². The number of anilines is 1. The van der Waals surface area contributed by atoms with Gasteiger partial charge < -0.3 is 15.0 Å². The van der Waals surface area contributed by atoms with Gasteiger partial charge in [-0.2, -0.15) is 0 Å². The Kier molecular flexibility index (Phi) is 5.60. The maximum atomic E-state index is 12.6. The highest BCUT2D eigenvalue weighted by Crippen LogP contribution is 2.28. The van der Waals surface area contributed by atoms with Crippen molar-refractivity contribution in [2.75, 3.05) is 25.5 Å². The van der Waals surface area contributed by atoms with E-state index in [9.17, 15) is 9.59 Å². The largest absolute Gasteiger partial charge is 0.495 e. The Balaban J connectivity index is 1.64. The summed E-state index contributed by atoms with van der Waals surface area (Å²) in [7, 11) is 1.54. The van der Waals surface area contributed by atoms with E-state index in [0.29, 0.717) is 34.4 Å². The van der Waals surface area contributed by atoms with Crippen LogP contribution in [0.15, 0.2) is 35.7 Å². The van der Waals surface area contributed by atoms with Gasteiger partial charge in [-0.3, -0.25) is 9.59 Å². The predicted octanol–water partition coefficient (Wildman–Crippen LogP) is 3.90. The first-order chi connectivity index (χ1) is 12.1. The van der Waals surface area contributed by atoms with Crippen LogP contribution in [0.4, 0.5) is 5.69 Å². The first-order valence-corrected chi connectivity index (χ1v) is 9.31. The van der Waals surface area contributed by atoms with Crippen molar-refractivity contribution in [3.63, 3.8) is 0 Å². The van der Waals surface area contributed by atoms with Crippen LogP contribution in [-0.2, 0) is 4.79 Å². The van der Waals surface area contributed by atoms with E-state index in [-0.39, 0.29) is 17.7 Å². The molecule has 1 aromatic heterocycles. The van der Waals surface area contributed by atoms with Crippen LogP contribution >= 0.6 is 22.9 Å². The Bertz CT molecular complexity index is 764. The van der Waals surface area contributed by atoms with E-state index in [1.807, 2.05) is 17.5 Å². The van der Waals surface area contributed by atoms with Crippen molar-refractivity contribution in [3.05, 3.63) is 45.6 Å². The van der Waals surface area contributed by atoms with E-state index in [1.165, 1.54) is 11.3 Å². The average molecular weight is 379 g/mol. The molecule has 0 saturated carbocycles. The monoisotopic (exact) mass is 378 g/mol. The summed E-state index contributed by atoms with van der Waals surface area (Å²) < 4.78 is 5.11. The molecule has 1 aromatic carbocycles. The quantitative estimate of drug-likeness (QED) is 0.877. The van der Waals surface area contributed by atoms with E-state index >= 15 is 0 Å². The molecule has 25 heavy (non-hydrogen) atoms. The summed E-state index contributed by atoms with van der Waals surface area (Å²) in [6, 6.07) is 8.80. The third-order valence-corrected chi connectivity index (χ3v) is 5.38. The fourth-order valence-corrected chi connectivity index (χ4v) is 3.87. The molecule has 2 amide bonds. The molecule has 2 aromatic rings.